The van der Waals surface area contributed by atoms with Crippen LogP contribution in [0.1, 0.15) is 25.3 Å². The van der Waals surface area contributed by atoms with E-state index >= 15 is 0 Å². The lowest BCUT2D eigenvalue weighted by molar-refractivity contribution is -0.00277. The van der Waals surface area contributed by atoms with E-state index in [1.165, 1.54) is 0 Å². The second-order valence-electron chi connectivity index (χ2n) is 5.61. The number of hydrogen-bond acceptors (Lipinski definition) is 4. The normalized spacial score (nSPS) is 23.4. The number of hydrogen-bond donors (Lipinski definition) is 1. The van der Waals surface area contributed by atoms with E-state index in [2.05, 4.69) is 5.32 Å². The number of nitrogens with zero attached hydrogens (tertiary/aromatic N) is 1. The number of rotatable bonds is 3. The third-order valence-corrected chi connectivity index (χ3v) is 6.07. The van der Waals surface area contributed by atoms with E-state index in [9.17, 15) is 8.42 Å². The standard InChI is InChI=1S/C15H22N2O3S/c1-2-13-11-17(8-9-20-13)21(18,19)14-5-6-15-12(10-14)4-3-7-16-15/h5-6,10,13,16H,2-4,7-9,11H2,1H3. The maximum absolute atomic E-state index is 12.8. The van der Waals surface area contributed by atoms with Crippen LogP contribution >= 0.6 is 0 Å². The van der Waals surface area contributed by atoms with Gasteiger partial charge in [0.05, 0.1) is 17.6 Å². The number of benzene rings is 1. The maximum Gasteiger partial charge on any atom is 0.243 e. The topological polar surface area (TPSA) is 58.6 Å². The summed E-state index contributed by atoms with van der Waals surface area (Å²) >= 11 is 0. The molecule has 1 unspecified atom stereocenters. The Bertz CT molecular complexity index is 615. The first kappa shape index (κ1) is 14.8. The van der Waals surface area contributed by atoms with E-state index in [4.69, 9.17) is 4.74 Å². The van der Waals surface area contributed by atoms with Crippen LogP contribution in [0.5, 0.6) is 0 Å². The Morgan fingerprint density at radius 2 is 2.29 bits per heavy atom. The summed E-state index contributed by atoms with van der Waals surface area (Å²) < 4.78 is 32.7. The Morgan fingerprint density at radius 1 is 1.43 bits per heavy atom. The first-order valence-electron chi connectivity index (χ1n) is 7.60. The fraction of sp³-hybridized carbons (Fsp3) is 0.600. The highest BCUT2D eigenvalue weighted by molar-refractivity contribution is 7.89. The van der Waals surface area contributed by atoms with Crippen molar-refractivity contribution in [3.05, 3.63) is 23.8 Å². The van der Waals surface area contributed by atoms with Crippen LogP contribution in [0.4, 0.5) is 5.69 Å². The van der Waals surface area contributed by atoms with Crippen molar-refractivity contribution in [1.29, 1.82) is 0 Å². The first-order chi connectivity index (χ1) is 10.1. The molecule has 2 aliphatic heterocycles. The molecule has 1 atom stereocenters. The minimum Gasteiger partial charge on any atom is -0.385 e. The highest BCUT2D eigenvalue weighted by atomic mass is 32.2. The van der Waals surface area contributed by atoms with Gasteiger partial charge in [0.2, 0.25) is 10.0 Å². The number of ether oxygens (including phenoxy) is 1. The molecule has 0 aliphatic carbocycles. The van der Waals surface area contributed by atoms with Crippen LogP contribution in [0.2, 0.25) is 0 Å². The molecule has 3 rings (SSSR count). The predicted molar refractivity (Wildman–Crippen MR) is 82.0 cm³/mol. The highest BCUT2D eigenvalue weighted by Gasteiger charge is 2.30. The van der Waals surface area contributed by atoms with Crippen LogP contribution in [0, 0.1) is 0 Å². The molecule has 0 aromatic heterocycles. The molecule has 0 bridgehead atoms. The fourth-order valence-electron chi connectivity index (χ4n) is 2.92. The lowest BCUT2D eigenvalue weighted by Crippen LogP contribution is -2.45. The van der Waals surface area contributed by atoms with Crippen LogP contribution < -0.4 is 5.32 Å². The van der Waals surface area contributed by atoms with Crippen molar-refractivity contribution < 1.29 is 13.2 Å². The van der Waals surface area contributed by atoms with Crippen molar-refractivity contribution in [1.82, 2.24) is 4.31 Å². The van der Waals surface area contributed by atoms with Gasteiger partial charge in [0.1, 0.15) is 0 Å². The molecule has 1 N–H and O–H groups in total. The monoisotopic (exact) mass is 310 g/mol. The van der Waals surface area contributed by atoms with E-state index in [1.807, 2.05) is 19.1 Å². The Hall–Kier alpha value is -1.11. The summed E-state index contributed by atoms with van der Waals surface area (Å²) in [6.07, 6.45) is 2.83. The van der Waals surface area contributed by atoms with Gasteiger partial charge in [-0.1, -0.05) is 6.92 Å². The van der Waals surface area contributed by atoms with Crippen molar-refractivity contribution in [2.45, 2.75) is 37.2 Å². The summed E-state index contributed by atoms with van der Waals surface area (Å²) in [5.74, 6) is 0. The summed E-state index contributed by atoms with van der Waals surface area (Å²) in [4.78, 5) is 0.404. The predicted octanol–water partition coefficient (Wildman–Crippen LogP) is 1.84. The Balaban J connectivity index is 1.87. The van der Waals surface area contributed by atoms with Crippen LogP contribution in [-0.2, 0) is 21.2 Å². The van der Waals surface area contributed by atoms with Crippen LogP contribution in [0.25, 0.3) is 0 Å². The smallest absolute Gasteiger partial charge is 0.243 e. The van der Waals surface area contributed by atoms with E-state index in [-0.39, 0.29) is 6.10 Å². The summed E-state index contributed by atoms with van der Waals surface area (Å²) in [7, 11) is -3.41. The number of fused-ring (bicyclic) bond motifs is 1. The van der Waals surface area contributed by atoms with Crippen LogP contribution in [-0.4, -0.2) is 45.1 Å². The van der Waals surface area contributed by atoms with Gasteiger partial charge < -0.3 is 10.1 Å². The summed E-state index contributed by atoms with van der Waals surface area (Å²) in [5, 5.41) is 3.31. The molecule has 6 heteroatoms. The molecule has 1 fully saturated rings. The lowest BCUT2D eigenvalue weighted by Gasteiger charge is -2.32. The van der Waals surface area contributed by atoms with E-state index in [0.717, 1.165) is 37.1 Å². The molecule has 21 heavy (non-hydrogen) atoms. The maximum atomic E-state index is 12.8. The SMILES string of the molecule is CCC1CN(S(=O)(=O)c2ccc3c(c2)CCCN3)CCO1. The van der Waals surface area contributed by atoms with Gasteiger partial charge in [-0.05, 0) is 43.0 Å². The van der Waals surface area contributed by atoms with Crippen molar-refractivity contribution in [2.75, 3.05) is 31.6 Å². The molecule has 2 aliphatic rings. The average Bonchev–Trinajstić information content (AvgIpc) is 2.54. The quantitative estimate of drug-likeness (QED) is 0.925. The third kappa shape index (κ3) is 2.93. The van der Waals surface area contributed by atoms with Crippen LogP contribution in [0.3, 0.4) is 0 Å². The molecule has 2 heterocycles. The molecule has 0 spiro atoms. The Kier molecular flexibility index (Phi) is 4.19. The largest absolute Gasteiger partial charge is 0.385 e. The van der Waals surface area contributed by atoms with Gasteiger partial charge in [0.25, 0.3) is 0 Å². The molecule has 116 valence electrons. The molecule has 1 saturated heterocycles. The number of nitrogens with one attached hydrogen (secondary N) is 1. The zero-order valence-corrected chi connectivity index (χ0v) is 13.2. The molecular weight excluding hydrogens is 288 g/mol. The lowest BCUT2D eigenvalue weighted by atomic mass is 10.0. The second kappa shape index (κ2) is 5.94. The van der Waals surface area contributed by atoms with Crippen molar-refractivity contribution in [2.24, 2.45) is 0 Å². The van der Waals surface area contributed by atoms with Crippen molar-refractivity contribution in [3.8, 4) is 0 Å². The molecule has 0 radical (unpaired) electrons. The number of sulfonamides is 1. The first-order valence-corrected chi connectivity index (χ1v) is 9.04. The Labute approximate surface area is 126 Å². The summed E-state index contributed by atoms with van der Waals surface area (Å²) in [6, 6.07) is 5.43. The molecule has 1 aromatic rings. The van der Waals surface area contributed by atoms with Gasteiger partial charge >= 0.3 is 0 Å². The third-order valence-electron chi connectivity index (χ3n) is 4.21. The summed E-state index contributed by atoms with van der Waals surface area (Å²) in [6.45, 7) is 4.35. The zero-order valence-electron chi connectivity index (χ0n) is 12.3. The van der Waals surface area contributed by atoms with Gasteiger partial charge in [0.15, 0.2) is 0 Å². The van der Waals surface area contributed by atoms with Gasteiger partial charge in [-0.25, -0.2) is 8.42 Å². The molecule has 0 amide bonds. The van der Waals surface area contributed by atoms with Crippen molar-refractivity contribution in [3.63, 3.8) is 0 Å². The number of anilines is 1. The minimum atomic E-state index is -3.41. The number of morpholine rings is 1. The van der Waals surface area contributed by atoms with Gasteiger partial charge in [0, 0.05) is 25.3 Å². The molecule has 0 saturated carbocycles. The highest BCUT2D eigenvalue weighted by Crippen LogP contribution is 2.27. The second-order valence-corrected chi connectivity index (χ2v) is 7.55. The minimum absolute atomic E-state index is 0.00724. The Morgan fingerprint density at radius 3 is 3.10 bits per heavy atom. The molecule has 1 aromatic carbocycles. The van der Waals surface area contributed by atoms with Gasteiger partial charge in [-0.3, -0.25) is 0 Å². The fourth-order valence-corrected chi connectivity index (χ4v) is 4.43. The van der Waals surface area contributed by atoms with Gasteiger partial charge in [-0.15, -0.1) is 0 Å². The molecular formula is C15H22N2O3S. The average molecular weight is 310 g/mol. The van der Waals surface area contributed by atoms with E-state index in [1.54, 1.807) is 10.4 Å². The zero-order chi connectivity index (χ0) is 14.9. The van der Waals surface area contributed by atoms with Crippen molar-refractivity contribution >= 4 is 15.7 Å². The van der Waals surface area contributed by atoms with Crippen LogP contribution in [0.15, 0.2) is 23.1 Å². The van der Waals surface area contributed by atoms with Gasteiger partial charge in [-0.2, -0.15) is 4.31 Å². The van der Waals surface area contributed by atoms with E-state index in [0.29, 0.717) is 24.6 Å². The number of aryl methyl sites for hydroxylation is 1. The van der Waals surface area contributed by atoms with E-state index < -0.39 is 10.0 Å². The summed E-state index contributed by atoms with van der Waals surface area (Å²) in [5.41, 5.74) is 2.16. The molecule has 5 nitrogen and oxygen atoms in total.